The normalized spacial score (nSPS) is 15.0. The Bertz CT molecular complexity index is 40.7. The highest BCUT2D eigenvalue weighted by molar-refractivity contribution is 4.50. The van der Waals surface area contributed by atoms with Crippen molar-refractivity contribution in [1.82, 2.24) is 0 Å². The molecule has 0 atom stereocenters. The number of aliphatic hydroxyl groups excluding tert-OH is 1. The van der Waals surface area contributed by atoms with Gasteiger partial charge in [-0.05, 0) is 6.42 Å². The van der Waals surface area contributed by atoms with Gasteiger partial charge in [-0.2, -0.15) is 0 Å². The summed E-state index contributed by atoms with van der Waals surface area (Å²) in [6.07, 6.45) is 9.33. The highest BCUT2D eigenvalue weighted by atomic mass is 16.2. The maximum Gasteiger partial charge on any atom is 0.0431 e. The number of hydrogen-bond donors (Lipinski definition) is 1. The Balaban J connectivity index is 0.000000172. The highest BCUT2D eigenvalue weighted by Crippen LogP contribution is 2.15. The standard InChI is InChI=1S/C5H12O.C4H8/c1-2-3-4-5-6;1-2-4-3-1/h6H,2-5H2,1H3;1-4H2. The summed E-state index contributed by atoms with van der Waals surface area (Å²) in [5, 5.41) is 8.20. The molecule has 0 unspecified atom stereocenters. The summed E-state index contributed by atoms with van der Waals surface area (Å²) in [5.41, 5.74) is 0. The monoisotopic (exact) mass is 144 g/mol. The predicted octanol–water partition coefficient (Wildman–Crippen LogP) is 2.73. The van der Waals surface area contributed by atoms with E-state index in [1.807, 2.05) is 0 Å². The third-order valence-corrected chi connectivity index (χ3v) is 1.76. The van der Waals surface area contributed by atoms with Crippen LogP contribution >= 0.6 is 0 Å². The molecular weight excluding hydrogens is 124 g/mol. The molecule has 62 valence electrons. The molecule has 1 saturated carbocycles. The first-order valence-corrected chi connectivity index (χ1v) is 4.52. The van der Waals surface area contributed by atoms with Gasteiger partial charge in [-0.15, -0.1) is 0 Å². The first-order valence-electron chi connectivity index (χ1n) is 4.52. The lowest BCUT2D eigenvalue weighted by molar-refractivity contribution is 0.284. The molecule has 0 aromatic carbocycles. The second-order valence-electron chi connectivity index (χ2n) is 2.84. The Kier molecular flexibility index (Phi) is 8.92. The Morgan fingerprint density at radius 3 is 1.60 bits per heavy atom. The van der Waals surface area contributed by atoms with Gasteiger partial charge in [0.1, 0.15) is 0 Å². The van der Waals surface area contributed by atoms with Crippen LogP contribution in [0.4, 0.5) is 0 Å². The van der Waals surface area contributed by atoms with E-state index in [1.54, 1.807) is 0 Å². The molecule has 0 aromatic heterocycles. The second-order valence-corrected chi connectivity index (χ2v) is 2.84. The summed E-state index contributed by atoms with van der Waals surface area (Å²) in [6, 6.07) is 0. The van der Waals surface area contributed by atoms with Crippen molar-refractivity contribution in [3.63, 3.8) is 0 Å². The average Bonchev–Trinajstić information content (AvgIpc) is 1.79. The van der Waals surface area contributed by atoms with Gasteiger partial charge in [-0.3, -0.25) is 0 Å². The maximum atomic E-state index is 8.20. The molecule has 0 saturated heterocycles. The topological polar surface area (TPSA) is 20.2 Å². The van der Waals surface area contributed by atoms with Gasteiger partial charge in [0.2, 0.25) is 0 Å². The van der Waals surface area contributed by atoms with E-state index < -0.39 is 0 Å². The molecule has 1 aliphatic carbocycles. The molecule has 1 heteroatoms. The molecule has 1 fully saturated rings. The lowest BCUT2D eigenvalue weighted by Crippen LogP contribution is -1.85. The number of hydrogen-bond acceptors (Lipinski definition) is 1. The smallest absolute Gasteiger partial charge is 0.0431 e. The molecule has 0 bridgehead atoms. The molecule has 0 radical (unpaired) electrons. The zero-order valence-electron chi connectivity index (χ0n) is 7.10. The minimum Gasteiger partial charge on any atom is -0.396 e. The fraction of sp³-hybridized carbons (Fsp3) is 1.00. The third-order valence-electron chi connectivity index (χ3n) is 1.76. The van der Waals surface area contributed by atoms with Crippen molar-refractivity contribution < 1.29 is 5.11 Å². The number of aliphatic hydroxyl groups is 1. The van der Waals surface area contributed by atoms with E-state index in [0.29, 0.717) is 6.61 Å². The average molecular weight is 144 g/mol. The molecule has 1 aliphatic rings. The number of unbranched alkanes of at least 4 members (excludes halogenated alkanes) is 2. The first-order chi connectivity index (χ1) is 4.91. The molecule has 1 nitrogen and oxygen atoms in total. The van der Waals surface area contributed by atoms with Gasteiger partial charge >= 0.3 is 0 Å². The molecular formula is C9H20O. The Hall–Kier alpha value is -0.0400. The van der Waals surface area contributed by atoms with E-state index in [2.05, 4.69) is 6.92 Å². The van der Waals surface area contributed by atoms with Crippen molar-refractivity contribution in [3.05, 3.63) is 0 Å². The van der Waals surface area contributed by atoms with Crippen LogP contribution < -0.4 is 0 Å². The van der Waals surface area contributed by atoms with Crippen LogP contribution in [0, 0.1) is 0 Å². The van der Waals surface area contributed by atoms with Crippen molar-refractivity contribution in [2.75, 3.05) is 6.61 Å². The van der Waals surface area contributed by atoms with Gasteiger partial charge in [0.25, 0.3) is 0 Å². The summed E-state index contributed by atoms with van der Waals surface area (Å²) in [5.74, 6) is 0. The van der Waals surface area contributed by atoms with Gasteiger partial charge in [0.05, 0.1) is 0 Å². The van der Waals surface area contributed by atoms with E-state index in [4.69, 9.17) is 5.11 Å². The zero-order valence-corrected chi connectivity index (χ0v) is 7.10. The van der Waals surface area contributed by atoms with E-state index >= 15 is 0 Å². The highest BCUT2D eigenvalue weighted by Gasteiger charge is 1.95. The predicted molar refractivity (Wildman–Crippen MR) is 45.1 cm³/mol. The second kappa shape index (κ2) is 8.96. The van der Waals surface area contributed by atoms with Crippen LogP contribution in [0.3, 0.4) is 0 Å². The summed E-state index contributed by atoms with van der Waals surface area (Å²) in [7, 11) is 0. The van der Waals surface area contributed by atoms with E-state index in [1.165, 1.54) is 32.1 Å². The summed E-state index contributed by atoms with van der Waals surface area (Å²) >= 11 is 0. The Labute approximate surface area is 64.5 Å². The van der Waals surface area contributed by atoms with E-state index in [9.17, 15) is 0 Å². The van der Waals surface area contributed by atoms with Gasteiger partial charge in [0.15, 0.2) is 0 Å². The molecule has 0 amide bonds. The van der Waals surface area contributed by atoms with Crippen LogP contribution in [-0.2, 0) is 0 Å². The fourth-order valence-corrected chi connectivity index (χ4v) is 0.612. The SMILES string of the molecule is C1CCC1.CCCCCO. The fourth-order valence-electron chi connectivity index (χ4n) is 0.612. The molecule has 0 aliphatic heterocycles. The first kappa shape index (κ1) is 9.96. The molecule has 1 N–H and O–H groups in total. The lowest BCUT2D eigenvalue weighted by atomic mass is 10.0. The van der Waals surface area contributed by atoms with Crippen LogP contribution in [0.2, 0.25) is 0 Å². The van der Waals surface area contributed by atoms with Crippen molar-refractivity contribution in [2.24, 2.45) is 0 Å². The largest absolute Gasteiger partial charge is 0.396 e. The minimum atomic E-state index is 0.355. The lowest BCUT2D eigenvalue weighted by Gasteiger charge is -2.05. The van der Waals surface area contributed by atoms with Crippen LogP contribution in [-0.4, -0.2) is 11.7 Å². The third kappa shape index (κ3) is 7.96. The molecule has 0 heterocycles. The molecule has 1 rings (SSSR count). The van der Waals surface area contributed by atoms with Crippen LogP contribution in [0.25, 0.3) is 0 Å². The van der Waals surface area contributed by atoms with Gasteiger partial charge in [-0.25, -0.2) is 0 Å². The summed E-state index contributed by atoms with van der Waals surface area (Å²) in [4.78, 5) is 0. The van der Waals surface area contributed by atoms with Crippen LogP contribution in [0.15, 0.2) is 0 Å². The van der Waals surface area contributed by atoms with Crippen molar-refractivity contribution in [3.8, 4) is 0 Å². The quantitative estimate of drug-likeness (QED) is 0.604. The number of rotatable bonds is 3. The summed E-state index contributed by atoms with van der Waals surface area (Å²) in [6.45, 7) is 2.48. The molecule has 0 spiro atoms. The van der Waals surface area contributed by atoms with Crippen LogP contribution in [0.5, 0.6) is 0 Å². The maximum absolute atomic E-state index is 8.20. The molecule has 0 aromatic rings. The summed E-state index contributed by atoms with van der Waals surface area (Å²) < 4.78 is 0. The van der Waals surface area contributed by atoms with Gasteiger partial charge < -0.3 is 5.11 Å². The van der Waals surface area contributed by atoms with Crippen molar-refractivity contribution >= 4 is 0 Å². The van der Waals surface area contributed by atoms with Crippen molar-refractivity contribution in [1.29, 1.82) is 0 Å². The van der Waals surface area contributed by atoms with E-state index in [0.717, 1.165) is 12.8 Å². The minimum absolute atomic E-state index is 0.355. The van der Waals surface area contributed by atoms with E-state index in [-0.39, 0.29) is 0 Å². The Morgan fingerprint density at radius 1 is 1.00 bits per heavy atom. The van der Waals surface area contributed by atoms with Crippen LogP contribution in [0.1, 0.15) is 51.9 Å². The molecule has 10 heavy (non-hydrogen) atoms. The Morgan fingerprint density at radius 2 is 1.50 bits per heavy atom. The zero-order chi connectivity index (χ0) is 7.66. The van der Waals surface area contributed by atoms with Gasteiger partial charge in [0, 0.05) is 6.61 Å². The van der Waals surface area contributed by atoms with Gasteiger partial charge in [-0.1, -0.05) is 45.4 Å². The van der Waals surface area contributed by atoms with Crippen molar-refractivity contribution in [2.45, 2.75) is 51.9 Å².